The van der Waals surface area contributed by atoms with Crippen LogP contribution in [0, 0.1) is 22.7 Å². The van der Waals surface area contributed by atoms with Crippen LogP contribution in [-0.4, -0.2) is 12.6 Å². The van der Waals surface area contributed by atoms with E-state index in [4.69, 9.17) is 5.26 Å². The number of rotatable bonds is 6. The third-order valence-electron chi connectivity index (χ3n) is 3.08. The normalized spacial score (nSPS) is 19.0. The Labute approximate surface area is 87.7 Å². The van der Waals surface area contributed by atoms with Crippen LogP contribution in [0.5, 0.6) is 0 Å². The van der Waals surface area contributed by atoms with Crippen LogP contribution in [0.4, 0.5) is 0 Å². The van der Waals surface area contributed by atoms with E-state index in [0.717, 1.165) is 25.3 Å². The molecule has 0 heterocycles. The van der Waals surface area contributed by atoms with Crippen LogP contribution in [-0.2, 0) is 0 Å². The Morgan fingerprint density at radius 3 is 2.64 bits per heavy atom. The largest absolute Gasteiger partial charge is 0.314 e. The van der Waals surface area contributed by atoms with E-state index in [1.807, 2.05) is 13.8 Å². The summed E-state index contributed by atoms with van der Waals surface area (Å²) in [7, 11) is 0. The molecular weight excluding hydrogens is 172 g/mol. The molecule has 0 aliphatic heterocycles. The molecule has 0 spiro atoms. The maximum absolute atomic E-state index is 8.83. The summed E-state index contributed by atoms with van der Waals surface area (Å²) in [6.07, 6.45) is 4.90. The van der Waals surface area contributed by atoms with Gasteiger partial charge in [-0.1, -0.05) is 0 Å². The zero-order chi connectivity index (χ0) is 10.6. The van der Waals surface area contributed by atoms with E-state index >= 15 is 0 Å². The molecule has 0 aromatic rings. The van der Waals surface area contributed by atoms with Crippen molar-refractivity contribution in [2.24, 2.45) is 11.3 Å². The number of hydrogen-bond donors (Lipinski definition) is 1. The number of nitrogens with one attached hydrogen (secondary N) is 1. The molecule has 1 aliphatic rings. The van der Waals surface area contributed by atoms with E-state index in [9.17, 15) is 0 Å². The molecular formula is C12H22N2. The van der Waals surface area contributed by atoms with Gasteiger partial charge in [0.05, 0.1) is 11.5 Å². The molecule has 1 aliphatic carbocycles. The summed E-state index contributed by atoms with van der Waals surface area (Å²) in [5.74, 6) is 0.930. The van der Waals surface area contributed by atoms with E-state index < -0.39 is 0 Å². The Morgan fingerprint density at radius 1 is 1.50 bits per heavy atom. The van der Waals surface area contributed by atoms with Crippen molar-refractivity contribution in [2.75, 3.05) is 6.54 Å². The topological polar surface area (TPSA) is 35.8 Å². The SMILES string of the molecule is CC(NCCCC(C)(C)C#N)C1CC1. The molecule has 80 valence electrons. The van der Waals surface area contributed by atoms with Gasteiger partial charge in [-0.3, -0.25) is 0 Å². The number of nitriles is 1. The lowest BCUT2D eigenvalue weighted by Crippen LogP contribution is -2.29. The van der Waals surface area contributed by atoms with Crippen LogP contribution in [0.2, 0.25) is 0 Å². The Hall–Kier alpha value is -0.550. The maximum atomic E-state index is 8.83. The van der Waals surface area contributed by atoms with Crippen LogP contribution in [0.3, 0.4) is 0 Å². The van der Waals surface area contributed by atoms with Gasteiger partial charge in [-0.2, -0.15) is 5.26 Å². The molecule has 1 unspecified atom stereocenters. The van der Waals surface area contributed by atoms with Crippen LogP contribution >= 0.6 is 0 Å². The smallest absolute Gasteiger partial charge is 0.0683 e. The summed E-state index contributed by atoms with van der Waals surface area (Å²) in [6, 6.07) is 3.02. The summed E-state index contributed by atoms with van der Waals surface area (Å²) in [4.78, 5) is 0. The Kier molecular flexibility index (Phi) is 3.95. The molecule has 0 saturated heterocycles. The van der Waals surface area contributed by atoms with Gasteiger partial charge in [0.1, 0.15) is 0 Å². The molecule has 0 aromatic carbocycles. The van der Waals surface area contributed by atoms with Gasteiger partial charge in [0.15, 0.2) is 0 Å². The first-order valence-electron chi connectivity index (χ1n) is 5.70. The molecule has 0 aromatic heterocycles. The van der Waals surface area contributed by atoms with E-state index in [1.54, 1.807) is 0 Å². The van der Waals surface area contributed by atoms with Gasteiger partial charge in [-0.05, 0) is 58.9 Å². The van der Waals surface area contributed by atoms with Crippen molar-refractivity contribution < 1.29 is 0 Å². The number of nitrogens with zero attached hydrogens (tertiary/aromatic N) is 1. The van der Waals surface area contributed by atoms with Crippen LogP contribution < -0.4 is 5.32 Å². The highest BCUT2D eigenvalue weighted by atomic mass is 14.9. The van der Waals surface area contributed by atoms with Crippen molar-refractivity contribution in [1.82, 2.24) is 5.32 Å². The summed E-state index contributed by atoms with van der Waals surface area (Å²) < 4.78 is 0. The van der Waals surface area contributed by atoms with Crippen molar-refractivity contribution in [1.29, 1.82) is 5.26 Å². The average molecular weight is 194 g/mol. The minimum atomic E-state index is -0.148. The lowest BCUT2D eigenvalue weighted by atomic mass is 9.90. The highest BCUT2D eigenvalue weighted by Crippen LogP contribution is 2.32. The van der Waals surface area contributed by atoms with E-state index in [2.05, 4.69) is 18.3 Å². The number of hydrogen-bond acceptors (Lipinski definition) is 2. The second kappa shape index (κ2) is 4.79. The summed E-state index contributed by atoms with van der Waals surface area (Å²) >= 11 is 0. The monoisotopic (exact) mass is 194 g/mol. The molecule has 0 bridgehead atoms. The fourth-order valence-corrected chi connectivity index (χ4v) is 1.68. The summed E-state index contributed by atoms with van der Waals surface area (Å²) in [5, 5.41) is 12.4. The fourth-order valence-electron chi connectivity index (χ4n) is 1.68. The van der Waals surface area contributed by atoms with Crippen molar-refractivity contribution in [3.63, 3.8) is 0 Å². The maximum Gasteiger partial charge on any atom is 0.0683 e. The highest BCUT2D eigenvalue weighted by Gasteiger charge is 2.27. The molecule has 2 heteroatoms. The van der Waals surface area contributed by atoms with E-state index in [1.165, 1.54) is 12.8 Å². The predicted molar refractivity (Wildman–Crippen MR) is 58.8 cm³/mol. The first kappa shape index (κ1) is 11.5. The molecule has 1 N–H and O–H groups in total. The first-order chi connectivity index (χ1) is 6.55. The zero-order valence-corrected chi connectivity index (χ0v) is 9.64. The molecule has 0 amide bonds. The second-order valence-corrected chi connectivity index (χ2v) is 5.18. The van der Waals surface area contributed by atoms with Crippen LogP contribution in [0.15, 0.2) is 0 Å². The van der Waals surface area contributed by atoms with Gasteiger partial charge in [-0.25, -0.2) is 0 Å². The molecule has 1 atom stereocenters. The molecule has 2 nitrogen and oxygen atoms in total. The van der Waals surface area contributed by atoms with Crippen LogP contribution in [0.1, 0.15) is 46.5 Å². The van der Waals surface area contributed by atoms with Crippen molar-refractivity contribution in [3.8, 4) is 6.07 Å². The molecule has 1 fully saturated rings. The quantitative estimate of drug-likeness (QED) is 0.660. The van der Waals surface area contributed by atoms with Gasteiger partial charge < -0.3 is 5.32 Å². The summed E-state index contributed by atoms with van der Waals surface area (Å²) in [5.41, 5.74) is -0.148. The standard InChI is InChI=1S/C12H22N2/c1-10(11-5-6-11)14-8-4-7-12(2,3)9-13/h10-11,14H,4-8H2,1-3H3. The fraction of sp³-hybridized carbons (Fsp3) is 0.917. The van der Waals surface area contributed by atoms with Gasteiger partial charge in [0.25, 0.3) is 0 Å². The Balaban J connectivity index is 2.01. The molecule has 1 rings (SSSR count). The van der Waals surface area contributed by atoms with Crippen molar-refractivity contribution >= 4 is 0 Å². The van der Waals surface area contributed by atoms with Crippen molar-refractivity contribution in [3.05, 3.63) is 0 Å². The van der Waals surface area contributed by atoms with Crippen molar-refractivity contribution in [2.45, 2.75) is 52.5 Å². The lowest BCUT2D eigenvalue weighted by Gasteiger charge is -2.16. The third-order valence-corrected chi connectivity index (χ3v) is 3.08. The average Bonchev–Trinajstić information content (AvgIpc) is 2.95. The van der Waals surface area contributed by atoms with Gasteiger partial charge in [-0.15, -0.1) is 0 Å². The van der Waals surface area contributed by atoms with E-state index in [0.29, 0.717) is 6.04 Å². The highest BCUT2D eigenvalue weighted by molar-refractivity contribution is 4.91. The van der Waals surface area contributed by atoms with Gasteiger partial charge in [0, 0.05) is 6.04 Å². The van der Waals surface area contributed by atoms with Gasteiger partial charge in [0.2, 0.25) is 0 Å². The third kappa shape index (κ3) is 4.11. The second-order valence-electron chi connectivity index (χ2n) is 5.18. The minimum absolute atomic E-state index is 0.148. The minimum Gasteiger partial charge on any atom is -0.314 e. The zero-order valence-electron chi connectivity index (χ0n) is 9.64. The summed E-state index contributed by atoms with van der Waals surface area (Å²) in [6.45, 7) is 7.35. The molecule has 1 saturated carbocycles. The van der Waals surface area contributed by atoms with Crippen LogP contribution in [0.25, 0.3) is 0 Å². The molecule has 14 heavy (non-hydrogen) atoms. The molecule has 0 radical (unpaired) electrons. The van der Waals surface area contributed by atoms with Gasteiger partial charge >= 0.3 is 0 Å². The van der Waals surface area contributed by atoms with E-state index in [-0.39, 0.29) is 5.41 Å². The Morgan fingerprint density at radius 2 is 2.14 bits per heavy atom. The lowest BCUT2D eigenvalue weighted by molar-refractivity contribution is 0.407. The predicted octanol–water partition coefficient (Wildman–Crippen LogP) is 2.70. The first-order valence-corrected chi connectivity index (χ1v) is 5.70. The Bertz CT molecular complexity index is 211.